The highest BCUT2D eigenvalue weighted by atomic mass is 35.5. The Morgan fingerprint density at radius 3 is 2.65 bits per heavy atom. The molecule has 0 aliphatic carbocycles. The number of hydrogen-bond acceptors (Lipinski definition) is 5. The Labute approximate surface area is 182 Å². The molecule has 0 radical (unpaired) electrons. The Balaban J connectivity index is 2.29. The summed E-state index contributed by atoms with van der Waals surface area (Å²) in [4.78, 5) is 24.1. The molecule has 1 atom stereocenters. The summed E-state index contributed by atoms with van der Waals surface area (Å²) in [5.74, 6) is -0.643. The predicted molar refractivity (Wildman–Crippen MR) is 114 cm³/mol. The average Bonchev–Trinajstić information content (AvgIpc) is 2.74. The van der Waals surface area contributed by atoms with E-state index < -0.39 is 29.2 Å². The summed E-state index contributed by atoms with van der Waals surface area (Å²) in [5, 5.41) is 18.9. The van der Waals surface area contributed by atoms with E-state index in [1.54, 1.807) is 22.8 Å². The highest BCUT2D eigenvalue weighted by Crippen LogP contribution is 2.32. The van der Waals surface area contributed by atoms with E-state index in [9.17, 15) is 19.1 Å². The van der Waals surface area contributed by atoms with Gasteiger partial charge in [-0.1, -0.05) is 30.7 Å². The smallest absolute Gasteiger partial charge is 0.495 e. The Kier molecular flexibility index (Phi) is 6.82. The summed E-state index contributed by atoms with van der Waals surface area (Å²) in [5.41, 5.74) is 0.599. The Morgan fingerprint density at radius 2 is 2.03 bits per heavy atom. The second kappa shape index (κ2) is 9.36. The van der Waals surface area contributed by atoms with Crippen LogP contribution in [0.1, 0.15) is 30.5 Å². The van der Waals surface area contributed by atoms with Crippen LogP contribution in [-0.4, -0.2) is 34.7 Å². The lowest BCUT2D eigenvalue weighted by molar-refractivity contribution is 0.143. The monoisotopic (exact) mass is 449 g/mol. The van der Waals surface area contributed by atoms with Crippen molar-refractivity contribution < 1.29 is 28.9 Å². The van der Waals surface area contributed by atoms with E-state index in [2.05, 4.69) is 4.74 Å². The third-order valence-corrected chi connectivity index (χ3v) is 5.33. The second-order valence-electron chi connectivity index (χ2n) is 6.93. The van der Waals surface area contributed by atoms with Gasteiger partial charge < -0.3 is 24.3 Å². The SMILES string of the molecule is CC[C@@H](CO)n1cc(OC(=O)O)c(=O)c2cc(Cc3cccc(Cl)c3F)cc(OC)c21. The highest BCUT2D eigenvalue weighted by Gasteiger charge is 2.21. The first-order chi connectivity index (χ1) is 14.8. The number of halogens is 2. The molecule has 1 aromatic heterocycles. The number of aromatic nitrogens is 1. The van der Waals surface area contributed by atoms with Gasteiger partial charge in [0.15, 0.2) is 5.75 Å². The van der Waals surface area contributed by atoms with Crippen molar-refractivity contribution in [1.29, 1.82) is 0 Å². The van der Waals surface area contributed by atoms with Crippen LogP contribution < -0.4 is 14.9 Å². The van der Waals surface area contributed by atoms with E-state index in [1.807, 2.05) is 6.92 Å². The van der Waals surface area contributed by atoms with Gasteiger partial charge in [0.05, 0.1) is 41.9 Å². The van der Waals surface area contributed by atoms with Gasteiger partial charge in [-0.15, -0.1) is 0 Å². The number of ether oxygens (including phenoxy) is 2. The van der Waals surface area contributed by atoms with Gasteiger partial charge in [0.2, 0.25) is 5.43 Å². The number of carbonyl (C=O) groups is 1. The summed E-state index contributed by atoms with van der Waals surface area (Å²) in [6, 6.07) is 7.40. The molecule has 0 spiro atoms. The maximum absolute atomic E-state index is 14.4. The van der Waals surface area contributed by atoms with Crippen molar-refractivity contribution in [2.24, 2.45) is 0 Å². The van der Waals surface area contributed by atoms with Crippen LogP contribution in [0, 0.1) is 5.82 Å². The average molecular weight is 450 g/mol. The van der Waals surface area contributed by atoms with Crippen molar-refractivity contribution in [3.05, 3.63) is 68.7 Å². The number of fused-ring (bicyclic) bond motifs is 1. The number of rotatable bonds is 7. The van der Waals surface area contributed by atoms with Crippen molar-refractivity contribution in [2.45, 2.75) is 25.8 Å². The summed E-state index contributed by atoms with van der Waals surface area (Å²) in [6.45, 7) is 1.59. The number of methoxy groups -OCH3 is 1. The third-order valence-electron chi connectivity index (χ3n) is 5.04. The Hall–Kier alpha value is -3.10. The topological polar surface area (TPSA) is 98.0 Å². The molecule has 0 saturated carbocycles. The van der Waals surface area contributed by atoms with E-state index in [4.69, 9.17) is 21.4 Å². The van der Waals surface area contributed by atoms with Crippen LogP contribution in [0.5, 0.6) is 11.5 Å². The van der Waals surface area contributed by atoms with E-state index in [0.29, 0.717) is 28.8 Å². The fourth-order valence-corrected chi connectivity index (χ4v) is 3.71. The second-order valence-corrected chi connectivity index (χ2v) is 7.33. The summed E-state index contributed by atoms with van der Waals surface area (Å²) in [6.07, 6.45) is 0.241. The minimum atomic E-state index is -1.64. The van der Waals surface area contributed by atoms with Crippen molar-refractivity contribution in [2.75, 3.05) is 13.7 Å². The molecule has 0 aliphatic rings. The number of nitrogens with zero attached hydrogens (tertiary/aromatic N) is 1. The lowest BCUT2D eigenvalue weighted by atomic mass is 10.0. The molecule has 0 saturated heterocycles. The van der Waals surface area contributed by atoms with Crippen molar-refractivity contribution in [1.82, 2.24) is 4.57 Å². The van der Waals surface area contributed by atoms with E-state index in [1.165, 1.54) is 25.4 Å². The van der Waals surface area contributed by atoms with Crippen molar-refractivity contribution in [3.63, 3.8) is 0 Å². The quantitative estimate of drug-likeness (QED) is 0.519. The number of pyridine rings is 1. The molecule has 0 aliphatic heterocycles. The third kappa shape index (κ3) is 4.50. The zero-order valence-electron chi connectivity index (χ0n) is 16.9. The van der Waals surface area contributed by atoms with Gasteiger partial charge in [0.25, 0.3) is 0 Å². The van der Waals surface area contributed by atoms with Crippen LogP contribution in [0.15, 0.2) is 41.3 Å². The van der Waals surface area contributed by atoms with E-state index in [0.717, 1.165) is 0 Å². The van der Waals surface area contributed by atoms with Crippen LogP contribution in [0.3, 0.4) is 0 Å². The lowest BCUT2D eigenvalue weighted by Crippen LogP contribution is -2.21. The number of aliphatic hydroxyl groups is 1. The maximum Gasteiger partial charge on any atom is 0.511 e. The lowest BCUT2D eigenvalue weighted by Gasteiger charge is -2.22. The predicted octanol–water partition coefficient (Wildman–Crippen LogP) is 4.39. The minimum absolute atomic E-state index is 0.0153. The molecule has 2 aromatic carbocycles. The number of hydrogen-bond donors (Lipinski definition) is 2. The molecule has 0 fully saturated rings. The molecule has 0 amide bonds. The Morgan fingerprint density at radius 1 is 1.29 bits per heavy atom. The molecule has 3 rings (SSSR count). The van der Waals surface area contributed by atoms with Crippen LogP contribution in [0.2, 0.25) is 5.02 Å². The maximum atomic E-state index is 14.4. The normalized spacial score (nSPS) is 12.0. The molecule has 31 heavy (non-hydrogen) atoms. The standard InChI is InChI=1S/C22H21ClFNO6/c1-3-14(11-26)25-10-18(31-22(28)29)21(27)15-8-12(9-17(30-2)20(15)25)7-13-5-4-6-16(23)19(13)24/h4-6,8-10,14,26H,3,7,11H2,1-2H3,(H,28,29)/t14-/m0/s1. The largest absolute Gasteiger partial charge is 0.511 e. The van der Waals surface area contributed by atoms with Crippen LogP contribution in [-0.2, 0) is 6.42 Å². The van der Waals surface area contributed by atoms with E-state index in [-0.39, 0.29) is 23.4 Å². The van der Waals surface area contributed by atoms with Gasteiger partial charge in [-0.3, -0.25) is 4.79 Å². The first kappa shape index (κ1) is 22.6. The van der Waals surface area contributed by atoms with Gasteiger partial charge in [-0.2, -0.15) is 0 Å². The molecular weight excluding hydrogens is 429 g/mol. The summed E-state index contributed by atoms with van der Waals surface area (Å²) >= 11 is 5.87. The minimum Gasteiger partial charge on any atom is -0.495 e. The van der Waals surface area contributed by atoms with Gasteiger partial charge in [-0.05, 0) is 35.7 Å². The van der Waals surface area contributed by atoms with Gasteiger partial charge in [0.1, 0.15) is 11.6 Å². The van der Waals surface area contributed by atoms with Crippen LogP contribution >= 0.6 is 11.6 Å². The molecular formula is C22H21ClFNO6. The molecule has 9 heteroatoms. The molecule has 1 heterocycles. The molecule has 0 bridgehead atoms. The molecule has 2 N–H and O–H groups in total. The highest BCUT2D eigenvalue weighted by molar-refractivity contribution is 6.30. The first-order valence-electron chi connectivity index (χ1n) is 9.50. The van der Waals surface area contributed by atoms with Gasteiger partial charge >= 0.3 is 6.16 Å². The van der Waals surface area contributed by atoms with Crippen LogP contribution in [0.25, 0.3) is 10.9 Å². The van der Waals surface area contributed by atoms with Crippen LogP contribution in [0.4, 0.5) is 9.18 Å². The van der Waals surface area contributed by atoms with Crippen molar-refractivity contribution in [3.8, 4) is 11.5 Å². The zero-order valence-corrected chi connectivity index (χ0v) is 17.6. The van der Waals surface area contributed by atoms with Gasteiger partial charge in [-0.25, -0.2) is 9.18 Å². The molecule has 0 unspecified atom stereocenters. The van der Waals surface area contributed by atoms with Crippen molar-refractivity contribution >= 4 is 28.7 Å². The van der Waals surface area contributed by atoms with E-state index >= 15 is 0 Å². The molecule has 3 aromatic rings. The summed E-state index contributed by atoms with van der Waals surface area (Å²) in [7, 11) is 1.43. The fourth-order valence-electron chi connectivity index (χ4n) is 3.52. The Bertz CT molecular complexity index is 1190. The number of aliphatic hydroxyl groups excluding tert-OH is 1. The molecule has 164 valence electrons. The number of carboxylic acid groups (broad SMARTS) is 1. The van der Waals surface area contributed by atoms with Gasteiger partial charge in [0, 0.05) is 6.42 Å². The molecule has 7 nitrogen and oxygen atoms in total. The fraction of sp³-hybridized carbons (Fsp3) is 0.273. The first-order valence-corrected chi connectivity index (χ1v) is 9.88. The zero-order chi connectivity index (χ0) is 22.7. The number of benzene rings is 2. The summed E-state index contributed by atoms with van der Waals surface area (Å²) < 4.78 is 26.1.